The number of hydrogen-bond donors (Lipinski definition) is 3. The van der Waals surface area contributed by atoms with E-state index in [-0.39, 0.29) is 11.7 Å². The number of nitrogens with one attached hydrogen (secondary N) is 1. The van der Waals surface area contributed by atoms with Gasteiger partial charge in [0.2, 0.25) is 0 Å². The first-order chi connectivity index (χ1) is 10.1. The molecule has 0 unspecified atom stereocenters. The van der Waals surface area contributed by atoms with Gasteiger partial charge < -0.3 is 16.2 Å². The number of amides is 1. The maximum Gasteiger partial charge on any atom is 0.274 e. The number of rotatable bonds is 2. The van der Waals surface area contributed by atoms with E-state index in [0.717, 1.165) is 10.8 Å². The van der Waals surface area contributed by atoms with Gasteiger partial charge in [-0.2, -0.15) is 0 Å². The van der Waals surface area contributed by atoms with E-state index in [2.05, 4.69) is 10.3 Å². The number of nitrogens with zero attached hydrogens (tertiary/aromatic N) is 1. The first-order valence-electron chi connectivity index (χ1n) is 6.39. The summed E-state index contributed by atoms with van der Waals surface area (Å²) >= 11 is 0. The normalized spacial score (nSPS) is 10.5. The number of aromatic hydroxyl groups is 1. The standard InChI is InChI=1S/C16H13N3O2/c17-13-9-11(20)5-6-14(13)19-16(21)15-12-4-2-1-3-10(12)7-8-18-15/h1-9,20H,17H2,(H,19,21). The number of pyridine rings is 1. The maximum atomic E-state index is 12.4. The lowest BCUT2D eigenvalue weighted by molar-refractivity contribution is 0.102. The molecule has 104 valence electrons. The summed E-state index contributed by atoms with van der Waals surface area (Å²) in [7, 11) is 0. The van der Waals surface area contributed by atoms with Gasteiger partial charge in [0.15, 0.2) is 0 Å². The van der Waals surface area contributed by atoms with Crippen LogP contribution in [0.1, 0.15) is 10.5 Å². The van der Waals surface area contributed by atoms with Crippen LogP contribution in [-0.2, 0) is 0 Å². The summed E-state index contributed by atoms with van der Waals surface area (Å²) in [5.74, 6) is -0.294. The van der Waals surface area contributed by atoms with Crippen molar-refractivity contribution in [3.63, 3.8) is 0 Å². The van der Waals surface area contributed by atoms with Gasteiger partial charge in [-0.15, -0.1) is 0 Å². The third-order valence-electron chi connectivity index (χ3n) is 3.17. The second-order valence-corrected chi connectivity index (χ2v) is 4.61. The van der Waals surface area contributed by atoms with E-state index >= 15 is 0 Å². The van der Waals surface area contributed by atoms with Crippen LogP contribution in [0, 0.1) is 0 Å². The third kappa shape index (κ3) is 2.49. The molecule has 0 aliphatic carbocycles. The lowest BCUT2D eigenvalue weighted by Gasteiger charge is -2.09. The number of carbonyl (C=O) groups excluding carboxylic acids is 1. The molecule has 0 aliphatic heterocycles. The fourth-order valence-corrected chi connectivity index (χ4v) is 2.15. The Kier molecular flexibility index (Phi) is 3.16. The molecule has 0 aliphatic rings. The molecule has 1 amide bonds. The van der Waals surface area contributed by atoms with Crippen molar-refractivity contribution in [3.8, 4) is 5.75 Å². The van der Waals surface area contributed by atoms with Gasteiger partial charge in [-0.25, -0.2) is 0 Å². The van der Waals surface area contributed by atoms with Crippen molar-refractivity contribution in [2.24, 2.45) is 0 Å². The molecule has 3 aromatic rings. The number of anilines is 2. The van der Waals surface area contributed by atoms with Crippen LogP contribution < -0.4 is 11.1 Å². The second kappa shape index (κ2) is 5.13. The Balaban J connectivity index is 1.97. The highest BCUT2D eigenvalue weighted by molar-refractivity contribution is 6.12. The Labute approximate surface area is 121 Å². The monoisotopic (exact) mass is 279 g/mol. The fraction of sp³-hybridized carbons (Fsp3) is 0. The minimum absolute atomic E-state index is 0.0498. The van der Waals surface area contributed by atoms with E-state index in [4.69, 9.17) is 5.73 Å². The van der Waals surface area contributed by atoms with Gasteiger partial charge in [-0.1, -0.05) is 24.3 Å². The van der Waals surface area contributed by atoms with Gasteiger partial charge >= 0.3 is 0 Å². The summed E-state index contributed by atoms with van der Waals surface area (Å²) in [5, 5.41) is 13.7. The van der Waals surface area contributed by atoms with Gasteiger partial charge in [0, 0.05) is 17.6 Å². The molecule has 2 aromatic carbocycles. The molecule has 0 saturated carbocycles. The lowest BCUT2D eigenvalue weighted by Crippen LogP contribution is -2.15. The molecule has 0 saturated heterocycles. The molecule has 1 heterocycles. The Hall–Kier alpha value is -3.08. The van der Waals surface area contributed by atoms with Crippen molar-refractivity contribution in [1.82, 2.24) is 4.98 Å². The van der Waals surface area contributed by atoms with E-state index < -0.39 is 0 Å². The summed E-state index contributed by atoms with van der Waals surface area (Å²) in [4.78, 5) is 16.5. The molecule has 0 atom stereocenters. The first kappa shape index (κ1) is 12.9. The zero-order chi connectivity index (χ0) is 14.8. The molecule has 5 nitrogen and oxygen atoms in total. The van der Waals surface area contributed by atoms with Crippen LogP contribution in [0.2, 0.25) is 0 Å². The summed E-state index contributed by atoms with van der Waals surface area (Å²) < 4.78 is 0. The molecular weight excluding hydrogens is 266 g/mol. The van der Waals surface area contributed by atoms with Crippen molar-refractivity contribution < 1.29 is 9.90 Å². The Morgan fingerprint density at radius 2 is 1.95 bits per heavy atom. The number of phenolic OH excluding ortho intramolecular Hbond substituents is 1. The van der Waals surface area contributed by atoms with Crippen LogP contribution in [0.5, 0.6) is 5.75 Å². The van der Waals surface area contributed by atoms with Gasteiger partial charge in [-0.3, -0.25) is 9.78 Å². The summed E-state index contributed by atoms with van der Waals surface area (Å²) in [5.41, 5.74) is 6.83. The van der Waals surface area contributed by atoms with Crippen LogP contribution in [0.25, 0.3) is 10.8 Å². The number of benzene rings is 2. The Morgan fingerprint density at radius 3 is 2.76 bits per heavy atom. The predicted octanol–water partition coefficient (Wildman–Crippen LogP) is 2.77. The second-order valence-electron chi connectivity index (χ2n) is 4.61. The number of fused-ring (bicyclic) bond motifs is 1. The summed E-state index contributed by atoms with van der Waals surface area (Å²) in [6.07, 6.45) is 1.59. The molecule has 0 radical (unpaired) electrons. The van der Waals surface area contributed by atoms with Gasteiger partial charge in [0.1, 0.15) is 11.4 Å². The average molecular weight is 279 g/mol. The van der Waals surface area contributed by atoms with Crippen molar-refractivity contribution in [2.75, 3.05) is 11.1 Å². The fourth-order valence-electron chi connectivity index (χ4n) is 2.15. The number of carbonyl (C=O) groups is 1. The number of nitrogen functional groups attached to an aromatic ring is 1. The van der Waals surface area contributed by atoms with Crippen molar-refractivity contribution >= 4 is 28.1 Å². The number of hydrogen-bond acceptors (Lipinski definition) is 4. The highest BCUT2D eigenvalue weighted by atomic mass is 16.3. The average Bonchev–Trinajstić information content (AvgIpc) is 2.49. The van der Waals surface area contributed by atoms with Crippen LogP contribution in [0.3, 0.4) is 0 Å². The predicted molar refractivity (Wildman–Crippen MR) is 82.2 cm³/mol. The molecule has 0 bridgehead atoms. The van der Waals surface area contributed by atoms with E-state index in [0.29, 0.717) is 17.1 Å². The van der Waals surface area contributed by atoms with Crippen molar-refractivity contribution in [1.29, 1.82) is 0 Å². The summed E-state index contributed by atoms with van der Waals surface area (Å²) in [6.45, 7) is 0. The zero-order valence-electron chi connectivity index (χ0n) is 11.1. The van der Waals surface area contributed by atoms with Crippen LogP contribution >= 0.6 is 0 Å². The maximum absolute atomic E-state index is 12.4. The minimum Gasteiger partial charge on any atom is -0.508 e. The molecule has 1 aromatic heterocycles. The van der Waals surface area contributed by atoms with E-state index in [1.165, 1.54) is 12.1 Å². The highest BCUT2D eigenvalue weighted by Crippen LogP contribution is 2.24. The summed E-state index contributed by atoms with van der Waals surface area (Å²) in [6, 6.07) is 13.8. The first-order valence-corrected chi connectivity index (χ1v) is 6.39. The number of aromatic nitrogens is 1. The van der Waals surface area contributed by atoms with Gasteiger partial charge in [-0.05, 0) is 23.6 Å². The van der Waals surface area contributed by atoms with E-state index in [9.17, 15) is 9.90 Å². The highest BCUT2D eigenvalue weighted by Gasteiger charge is 2.13. The molecule has 0 fully saturated rings. The smallest absolute Gasteiger partial charge is 0.274 e. The van der Waals surface area contributed by atoms with E-state index in [1.54, 1.807) is 12.3 Å². The molecule has 21 heavy (non-hydrogen) atoms. The molecular formula is C16H13N3O2. The van der Waals surface area contributed by atoms with Crippen LogP contribution in [-0.4, -0.2) is 16.0 Å². The molecule has 5 heteroatoms. The van der Waals surface area contributed by atoms with E-state index in [1.807, 2.05) is 30.3 Å². The van der Waals surface area contributed by atoms with Crippen molar-refractivity contribution in [3.05, 3.63) is 60.4 Å². The SMILES string of the molecule is Nc1cc(O)ccc1NC(=O)c1nccc2ccccc12. The molecule has 4 N–H and O–H groups in total. The molecule has 0 spiro atoms. The minimum atomic E-state index is -0.343. The lowest BCUT2D eigenvalue weighted by atomic mass is 10.1. The quantitative estimate of drug-likeness (QED) is 0.497. The third-order valence-corrected chi connectivity index (χ3v) is 3.17. The van der Waals surface area contributed by atoms with Crippen LogP contribution in [0.4, 0.5) is 11.4 Å². The van der Waals surface area contributed by atoms with Crippen molar-refractivity contribution in [2.45, 2.75) is 0 Å². The van der Waals surface area contributed by atoms with Crippen LogP contribution in [0.15, 0.2) is 54.7 Å². The van der Waals surface area contributed by atoms with Gasteiger partial charge in [0.05, 0.1) is 11.4 Å². The Bertz CT molecular complexity index is 825. The topological polar surface area (TPSA) is 88.2 Å². The number of nitrogens with two attached hydrogens (primary N) is 1. The Morgan fingerprint density at radius 1 is 1.14 bits per heavy atom. The largest absolute Gasteiger partial charge is 0.508 e. The zero-order valence-corrected chi connectivity index (χ0v) is 11.1. The number of phenols is 1. The molecule has 3 rings (SSSR count). The van der Waals surface area contributed by atoms with Gasteiger partial charge in [0.25, 0.3) is 5.91 Å².